The highest BCUT2D eigenvalue weighted by molar-refractivity contribution is 8.15. The Morgan fingerprint density at radius 1 is 1.03 bits per heavy atom. The summed E-state index contributed by atoms with van der Waals surface area (Å²) in [5.41, 5.74) is 2.19. The van der Waals surface area contributed by atoms with E-state index in [1.807, 2.05) is 18.2 Å². The number of ether oxygens (including phenoxy) is 3. The van der Waals surface area contributed by atoms with Crippen LogP contribution in [0, 0.1) is 0 Å². The maximum Gasteiger partial charge on any atom is 0.238 e. The molecule has 0 radical (unpaired) electrons. The Morgan fingerprint density at radius 2 is 1.79 bits per heavy atom. The molecule has 0 aliphatic carbocycles. The van der Waals surface area contributed by atoms with E-state index < -0.39 is 5.25 Å². The van der Waals surface area contributed by atoms with Crippen molar-refractivity contribution in [2.24, 2.45) is 4.99 Å². The zero-order chi connectivity index (χ0) is 27.1. The predicted molar refractivity (Wildman–Crippen MR) is 151 cm³/mol. The molecule has 38 heavy (non-hydrogen) atoms. The molecule has 1 unspecified atom stereocenters. The van der Waals surface area contributed by atoms with E-state index in [0.717, 1.165) is 5.56 Å². The number of aliphatic imine (C=N–C) groups is 1. The van der Waals surface area contributed by atoms with Crippen LogP contribution in [-0.4, -0.2) is 55.0 Å². The fourth-order valence-corrected chi connectivity index (χ4v) is 5.21. The average molecular weight is 554 g/mol. The number of carbonyl (C=O) groups is 2. The molecule has 3 aromatic carbocycles. The van der Waals surface area contributed by atoms with Gasteiger partial charge in [0.25, 0.3) is 0 Å². The van der Waals surface area contributed by atoms with Crippen LogP contribution in [0.1, 0.15) is 12.0 Å². The van der Waals surface area contributed by atoms with Gasteiger partial charge in [0, 0.05) is 23.7 Å². The van der Waals surface area contributed by atoms with Gasteiger partial charge in [-0.1, -0.05) is 35.5 Å². The quantitative estimate of drug-likeness (QED) is 0.373. The fraction of sp³-hybridized carbons (Fsp3) is 0.250. The minimum absolute atomic E-state index is 0.0463. The van der Waals surface area contributed by atoms with Crippen molar-refractivity contribution in [2.45, 2.75) is 18.1 Å². The molecular formula is C28H28ClN3O5S. The van der Waals surface area contributed by atoms with Crippen LogP contribution in [0.15, 0.2) is 71.7 Å². The van der Waals surface area contributed by atoms with E-state index in [1.165, 1.54) is 11.8 Å². The third-order valence-corrected chi connectivity index (χ3v) is 7.32. The maximum absolute atomic E-state index is 13.3. The zero-order valence-corrected chi connectivity index (χ0v) is 22.8. The van der Waals surface area contributed by atoms with Crippen molar-refractivity contribution in [1.29, 1.82) is 0 Å². The number of halogens is 1. The molecule has 0 bridgehead atoms. The highest BCUT2D eigenvalue weighted by Crippen LogP contribution is 2.32. The van der Waals surface area contributed by atoms with Crippen molar-refractivity contribution in [3.05, 3.63) is 77.3 Å². The van der Waals surface area contributed by atoms with Gasteiger partial charge in [0.15, 0.2) is 16.7 Å². The van der Waals surface area contributed by atoms with Gasteiger partial charge in [-0.3, -0.25) is 14.5 Å². The molecule has 0 saturated carbocycles. The van der Waals surface area contributed by atoms with Gasteiger partial charge in [0.1, 0.15) is 11.0 Å². The van der Waals surface area contributed by atoms with Crippen LogP contribution in [0.25, 0.3) is 0 Å². The normalized spacial score (nSPS) is 16.3. The number of thioether (sulfide) groups is 1. The van der Waals surface area contributed by atoms with Gasteiger partial charge in [-0.25, -0.2) is 4.99 Å². The fourth-order valence-electron chi connectivity index (χ4n) is 3.89. The minimum atomic E-state index is -0.643. The molecule has 8 nitrogen and oxygen atoms in total. The molecule has 1 aliphatic heterocycles. The summed E-state index contributed by atoms with van der Waals surface area (Å²) in [6.07, 6.45) is 0.609. The number of anilines is 1. The third-order valence-electron chi connectivity index (χ3n) is 5.89. The second kappa shape index (κ2) is 12.7. The Kier molecular flexibility index (Phi) is 9.15. The van der Waals surface area contributed by atoms with E-state index >= 15 is 0 Å². The lowest BCUT2D eigenvalue weighted by atomic mass is 10.1. The summed E-state index contributed by atoms with van der Waals surface area (Å²) in [6, 6.07) is 19.8. The molecule has 0 aromatic heterocycles. The molecule has 4 rings (SSSR count). The summed E-state index contributed by atoms with van der Waals surface area (Å²) in [4.78, 5) is 32.8. The van der Waals surface area contributed by atoms with E-state index in [0.29, 0.717) is 51.8 Å². The number of amidine groups is 1. The van der Waals surface area contributed by atoms with Gasteiger partial charge in [0.2, 0.25) is 11.8 Å². The zero-order valence-electron chi connectivity index (χ0n) is 21.3. The number of nitrogens with zero attached hydrogens (tertiary/aromatic N) is 2. The van der Waals surface area contributed by atoms with Crippen LogP contribution in [0.5, 0.6) is 17.2 Å². The van der Waals surface area contributed by atoms with Crippen molar-refractivity contribution >= 4 is 51.7 Å². The van der Waals surface area contributed by atoms with Gasteiger partial charge >= 0.3 is 0 Å². The van der Waals surface area contributed by atoms with Crippen molar-refractivity contribution < 1.29 is 23.8 Å². The molecule has 1 aliphatic rings. The Labute approximate surface area is 230 Å². The lowest BCUT2D eigenvalue weighted by molar-refractivity contribution is -0.129. The van der Waals surface area contributed by atoms with Crippen LogP contribution < -0.4 is 19.5 Å². The Bertz CT molecular complexity index is 1330. The second-order valence-corrected chi connectivity index (χ2v) is 9.99. The Balaban J connectivity index is 1.56. The Morgan fingerprint density at radius 3 is 2.47 bits per heavy atom. The molecule has 0 spiro atoms. The first-order valence-electron chi connectivity index (χ1n) is 11.9. The molecule has 1 N–H and O–H groups in total. The van der Waals surface area contributed by atoms with E-state index in [4.69, 9.17) is 30.8 Å². The van der Waals surface area contributed by atoms with Crippen molar-refractivity contribution in [3.63, 3.8) is 0 Å². The second-order valence-electron chi connectivity index (χ2n) is 8.39. The molecule has 1 atom stereocenters. The first-order chi connectivity index (χ1) is 18.4. The summed E-state index contributed by atoms with van der Waals surface area (Å²) in [6.45, 7) is 0.388. The van der Waals surface area contributed by atoms with Crippen LogP contribution in [-0.2, 0) is 16.0 Å². The topological polar surface area (TPSA) is 89.5 Å². The summed E-state index contributed by atoms with van der Waals surface area (Å²) in [7, 11) is 4.76. The van der Waals surface area contributed by atoms with Crippen molar-refractivity contribution in [1.82, 2.24) is 4.90 Å². The van der Waals surface area contributed by atoms with Crippen LogP contribution in [0.2, 0.25) is 5.02 Å². The number of benzene rings is 3. The highest BCUT2D eigenvalue weighted by atomic mass is 35.5. The first-order valence-corrected chi connectivity index (χ1v) is 13.1. The largest absolute Gasteiger partial charge is 0.497 e. The smallest absolute Gasteiger partial charge is 0.238 e. The molecule has 3 aromatic rings. The predicted octanol–water partition coefficient (Wildman–Crippen LogP) is 5.57. The summed E-state index contributed by atoms with van der Waals surface area (Å²) in [5.74, 6) is 1.49. The van der Waals surface area contributed by atoms with Crippen LogP contribution in [0.4, 0.5) is 11.4 Å². The van der Waals surface area contributed by atoms with Crippen LogP contribution >= 0.6 is 23.4 Å². The van der Waals surface area contributed by atoms with Gasteiger partial charge in [-0.15, -0.1) is 0 Å². The monoisotopic (exact) mass is 553 g/mol. The van der Waals surface area contributed by atoms with Gasteiger partial charge < -0.3 is 19.5 Å². The van der Waals surface area contributed by atoms with Gasteiger partial charge in [-0.05, 0) is 66.6 Å². The third kappa shape index (κ3) is 6.79. The van der Waals surface area contributed by atoms with Crippen molar-refractivity contribution in [2.75, 3.05) is 33.2 Å². The molecule has 10 heteroatoms. The number of methoxy groups -OCH3 is 3. The van der Waals surface area contributed by atoms with Gasteiger partial charge in [-0.2, -0.15) is 0 Å². The number of hydrogen-bond acceptors (Lipinski definition) is 7. The summed E-state index contributed by atoms with van der Waals surface area (Å²) in [5, 5.41) is 3.18. The Hall–Kier alpha value is -3.69. The number of rotatable bonds is 9. The highest BCUT2D eigenvalue weighted by Gasteiger charge is 2.36. The summed E-state index contributed by atoms with van der Waals surface area (Å²) < 4.78 is 16.0. The SMILES string of the molecule is COc1ccc(N=C2SC(C(=O)Nc3cccc(Cl)c3)CC(=O)N2CCc2ccc(OC)c(OC)c2)cc1. The van der Waals surface area contributed by atoms with E-state index in [1.54, 1.807) is 74.8 Å². The summed E-state index contributed by atoms with van der Waals surface area (Å²) >= 11 is 7.32. The standard InChI is InChI=1S/C28H28ClN3O5S/c1-35-22-10-8-20(9-11-22)31-28-32(14-13-18-7-12-23(36-2)24(15-18)37-3)26(33)17-25(38-28)27(34)30-21-6-4-5-19(29)16-21/h4-12,15-16,25H,13-14,17H2,1-3H3,(H,30,34). The number of nitrogens with one attached hydrogen (secondary N) is 1. The number of carbonyl (C=O) groups excluding carboxylic acids is 2. The lowest BCUT2D eigenvalue weighted by Gasteiger charge is -2.32. The molecule has 198 valence electrons. The van der Waals surface area contributed by atoms with Gasteiger partial charge in [0.05, 0.1) is 27.0 Å². The minimum Gasteiger partial charge on any atom is -0.497 e. The lowest BCUT2D eigenvalue weighted by Crippen LogP contribution is -2.46. The van der Waals surface area contributed by atoms with Crippen molar-refractivity contribution in [3.8, 4) is 17.2 Å². The van der Waals surface area contributed by atoms with Crippen LogP contribution in [0.3, 0.4) is 0 Å². The number of amides is 2. The maximum atomic E-state index is 13.3. The first kappa shape index (κ1) is 27.3. The van der Waals surface area contributed by atoms with E-state index in [2.05, 4.69) is 5.32 Å². The number of hydrogen-bond donors (Lipinski definition) is 1. The molecular weight excluding hydrogens is 526 g/mol. The average Bonchev–Trinajstić information content (AvgIpc) is 2.92. The molecule has 2 amide bonds. The molecule has 1 saturated heterocycles. The van der Waals surface area contributed by atoms with E-state index in [9.17, 15) is 9.59 Å². The molecule has 1 fully saturated rings. The van der Waals surface area contributed by atoms with E-state index in [-0.39, 0.29) is 18.2 Å². The molecule has 1 heterocycles.